The van der Waals surface area contributed by atoms with Crippen LogP contribution in [0, 0.1) is 10.1 Å². The molecule has 2 aromatic rings. The van der Waals surface area contributed by atoms with Gasteiger partial charge in [0.2, 0.25) is 0 Å². The fraction of sp³-hybridized carbons (Fsp3) is 0.444. The summed E-state index contributed by atoms with van der Waals surface area (Å²) in [6, 6.07) is 4.48. The molecule has 2 rings (SSSR count). The van der Waals surface area contributed by atoms with Gasteiger partial charge in [-0.1, -0.05) is 0 Å². The molecule has 0 aliphatic carbocycles. The Morgan fingerprint density at radius 1 is 1.33 bits per heavy atom. The van der Waals surface area contributed by atoms with Crippen LogP contribution in [0.1, 0.15) is 27.7 Å². The van der Waals surface area contributed by atoms with Gasteiger partial charge >= 0.3 is 6.09 Å². The maximum absolute atomic E-state index is 11.8. The van der Waals surface area contributed by atoms with Gasteiger partial charge in [0.1, 0.15) is 18.5 Å². The first-order valence-corrected chi connectivity index (χ1v) is 8.43. The summed E-state index contributed by atoms with van der Waals surface area (Å²) in [7, 11) is 1.76. The van der Waals surface area contributed by atoms with E-state index < -0.39 is 22.7 Å². The van der Waals surface area contributed by atoms with Gasteiger partial charge in [0, 0.05) is 30.4 Å². The van der Waals surface area contributed by atoms with E-state index in [-0.39, 0.29) is 12.3 Å². The van der Waals surface area contributed by atoms with Crippen LogP contribution in [-0.4, -0.2) is 39.0 Å². The summed E-state index contributed by atoms with van der Waals surface area (Å²) in [4.78, 5) is 22.5. The second kappa shape index (κ2) is 8.07. The number of nitrogens with zero attached hydrogens (tertiary/aromatic N) is 3. The number of carbonyl (C=O) groups is 1. The molecule has 27 heavy (non-hydrogen) atoms. The number of amides is 1. The number of nitrogens with one attached hydrogen (secondary N) is 1. The lowest BCUT2D eigenvalue weighted by atomic mass is 10.1. The summed E-state index contributed by atoms with van der Waals surface area (Å²) in [5.74, 6) is 0.315. The molecule has 1 heterocycles. The van der Waals surface area contributed by atoms with E-state index in [0.29, 0.717) is 11.3 Å². The van der Waals surface area contributed by atoms with Crippen molar-refractivity contribution in [3.8, 4) is 16.9 Å². The van der Waals surface area contributed by atoms with E-state index in [2.05, 4.69) is 10.4 Å². The van der Waals surface area contributed by atoms with Gasteiger partial charge < -0.3 is 14.8 Å². The number of carbonyl (C=O) groups excluding carboxylic acids is 1. The van der Waals surface area contributed by atoms with Crippen molar-refractivity contribution in [3.63, 3.8) is 0 Å². The zero-order chi connectivity index (χ0) is 20.2. The van der Waals surface area contributed by atoms with Gasteiger partial charge in [-0.2, -0.15) is 5.10 Å². The molecule has 1 atom stereocenters. The molecule has 1 aromatic heterocycles. The molecule has 0 saturated carbocycles. The third-order valence-corrected chi connectivity index (χ3v) is 3.41. The summed E-state index contributed by atoms with van der Waals surface area (Å²) in [5.41, 5.74) is 0.854. The molecule has 0 fully saturated rings. The number of hydrogen-bond donors (Lipinski definition) is 1. The van der Waals surface area contributed by atoms with Crippen molar-refractivity contribution in [3.05, 3.63) is 40.7 Å². The van der Waals surface area contributed by atoms with Gasteiger partial charge in [0.05, 0.1) is 17.2 Å². The smallest absolute Gasteiger partial charge is 0.407 e. The number of ether oxygens (including phenoxy) is 2. The van der Waals surface area contributed by atoms with Gasteiger partial charge in [-0.15, -0.1) is 0 Å². The minimum Gasteiger partial charge on any atom is -0.489 e. The molecule has 0 radical (unpaired) electrons. The molecule has 1 amide bonds. The van der Waals surface area contributed by atoms with E-state index in [1.165, 1.54) is 12.1 Å². The van der Waals surface area contributed by atoms with Crippen molar-refractivity contribution in [1.29, 1.82) is 0 Å². The normalized spacial score (nSPS) is 12.3. The van der Waals surface area contributed by atoms with Gasteiger partial charge in [0.25, 0.3) is 5.69 Å². The Labute approximate surface area is 157 Å². The van der Waals surface area contributed by atoms with Crippen LogP contribution >= 0.6 is 0 Å². The van der Waals surface area contributed by atoms with Crippen LogP contribution in [0.2, 0.25) is 0 Å². The summed E-state index contributed by atoms with van der Waals surface area (Å²) < 4.78 is 12.5. The topological polar surface area (TPSA) is 109 Å². The lowest BCUT2D eigenvalue weighted by Gasteiger charge is -2.22. The number of nitro benzene ring substituents is 1. The third kappa shape index (κ3) is 6.28. The quantitative estimate of drug-likeness (QED) is 0.612. The molecule has 146 valence electrons. The van der Waals surface area contributed by atoms with Crippen LogP contribution in [0.3, 0.4) is 0 Å². The monoisotopic (exact) mass is 376 g/mol. The average Bonchev–Trinajstić information content (AvgIpc) is 2.97. The van der Waals surface area contributed by atoms with Crippen LogP contribution < -0.4 is 10.1 Å². The molecule has 0 saturated heterocycles. The maximum Gasteiger partial charge on any atom is 0.407 e. The maximum atomic E-state index is 11.8. The molecular weight excluding hydrogens is 352 g/mol. The summed E-state index contributed by atoms with van der Waals surface area (Å²) in [5, 5.41) is 18.0. The van der Waals surface area contributed by atoms with Crippen LogP contribution in [0.5, 0.6) is 5.75 Å². The number of hydrogen-bond acceptors (Lipinski definition) is 6. The molecule has 9 nitrogen and oxygen atoms in total. The second-order valence-electron chi connectivity index (χ2n) is 7.28. The number of aromatic nitrogens is 2. The molecule has 0 aliphatic rings. The molecule has 0 aliphatic heterocycles. The zero-order valence-electron chi connectivity index (χ0n) is 16.1. The Bertz CT molecular complexity index is 825. The van der Waals surface area contributed by atoms with Gasteiger partial charge in [-0.25, -0.2) is 4.79 Å². The Morgan fingerprint density at radius 3 is 2.59 bits per heavy atom. The number of alkyl carbamates (subject to hydrolysis) is 1. The van der Waals surface area contributed by atoms with Crippen molar-refractivity contribution in [2.45, 2.75) is 39.3 Å². The van der Waals surface area contributed by atoms with Gasteiger partial charge in [-0.05, 0) is 39.3 Å². The molecule has 0 spiro atoms. The highest BCUT2D eigenvalue weighted by atomic mass is 16.6. The number of rotatable bonds is 6. The lowest BCUT2D eigenvalue weighted by Crippen LogP contribution is -2.42. The first-order valence-electron chi connectivity index (χ1n) is 8.43. The van der Waals surface area contributed by atoms with Crippen LogP contribution in [0.15, 0.2) is 30.6 Å². The van der Waals surface area contributed by atoms with E-state index in [1.54, 1.807) is 37.1 Å². The Kier molecular flexibility index (Phi) is 6.04. The molecule has 1 aromatic carbocycles. The standard InChI is InChI=1S/C18H24N4O5/c1-12(27-17(23)20-18(2,3)4)11-26-16-7-13(6-15(8-16)22(24)25)14-9-19-21(5)10-14/h6-10,12H,11H2,1-5H3,(H,20,23)/t12-/m1/s1. The van der Waals surface area contributed by atoms with E-state index in [1.807, 2.05) is 20.8 Å². The highest BCUT2D eigenvalue weighted by Gasteiger charge is 2.18. The van der Waals surface area contributed by atoms with Crippen molar-refractivity contribution >= 4 is 11.8 Å². The SMILES string of the molecule is C[C@H](COc1cc(-c2cnn(C)c2)cc([N+](=O)[O-])c1)OC(=O)NC(C)(C)C. The molecule has 9 heteroatoms. The molecule has 1 N–H and O–H groups in total. The molecule has 0 unspecified atom stereocenters. The Hall–Kier alpha value is -3.10. The van der Waals surface area contributed by atoms with Crippen LogP contribution in [0.4, 0.5) is 10.5 Å². The predicted molar refractivity (Wildman–Crippen MR) is 99.6 cm³/mol. The minimum atomic E-state index is -0.548. The fourth-order valence-electron chi connectivity index (χ4n) is 2.28. The van der Waals surface area contributed by atoms with E-state index in [4.69, 9.17) is 9.47 Å². The van der Waals surface area contributed by atoms with Gasteiger partial charge in [0.15, 0.2) is 0 Å². The minimum absolute atomic E-state index is 0.0607. The van der Waals surface area contributed by atoms with Crippen molar-refractivity contribution < 1.29 is 19.2 Å². The van der Waals surface area contributed by atoms with Crippen molar-refractivity contribution in [1.82, 2.24) is 15.1 Å². The fourth-order valence-corrected chi connectivity index (χ4v) is 2.28. The number of benzene rings is 1. The highest BCUT2D eigenvalue weighted by molar-refractivity contribution is 5.68. The first kappa shape index (κ1) is 20.2. The second-order valence-corrected chi connectivity index (χ2v) is 7.28. The third-order valence-electron chi connectivity index (χ3n) is 3.41. The summed E-state index contributed by atoms with van der Waals surface area (Å²) >= 11 is 0. The zero-order valence-corrected chi connectivity index (χ0v) is 16.1. The lowest BCUT2D eigenvalue weighted by molar-refractivity contribution is -0.384. The summed E-state index contributed by atoms with van der Waals surface area (Å²) in [6.45, 7) is 7.28. The molecule has 0 bridgehead atoms. The highest BCUT2D eigenvalue weighted by Crippen LogP contribution is 2.29. The number of nitro groups is 1. The van der Waals surface area contributed by atoms with Gasteiger partial charge in [-0.3, -0.25) is 14.8 Å². The van der Waals surface area contributed by atoms with Crippen molar-refractivity contribution in [2.75, 3.05) is 6.61 Å². The summed E-state index contributed by atoms with van der Waals surface area (Å²) in [6.07, 6.45) is 2.29. The Morgan fingerprint density at radius 2 is 2.04 bits per heavy atom. The van der Waals surface area contributed by atoms with E-state index in [0.717, 1.165) is 5.56 Å². The average molecular weight is 376 g/mol. The predicted octanol–water partition coefficient (Wildman–Crippen LogP) is 3.29. The van der Waals surface area contributed by atoms with Crippen LogP contribution in [-0.2, 0) is 11.8 Å². The number of aryl methyl sites for hydroxylation is 1. The number of non-ortho nitro benzene ring substituents is 1. The van der Waals surface area contributed by atoms with E-state index in [9.17, 15) is 14.9 Å². The van der Waals surface area contributed by atoms with E-state index >= 15 is 0 Å². The van der Waals surface area contributed by atoms with Crippen LogP contribution in [0.25, 0.3) is 11.1 Å². The van der Waals surface area contributed by atoms with Crippen molar-refractivity contribution in [2.24, 2.45) is 7.05 Å². The first-order chi connectivity index (χ1) is 12.5. The Balaban J connectivity index is 2.08. The largest absolute Gasteiger partial charge is 0.489 e. The molecular formula is C18H24N4O5.